The molecule has 0 aromatic carbocycles. The summed E-state index contributed by atoms with van der Waals surface area (Å²) in [6, 6.07) is 0. The number of hydrogen-bond donors (Lipinski definition) is 3. The lowest BCUT2D eigenvalue weighted by atomic mass is 9.91. The van der Waals surface area contributed by atoms with Crippen LogP contribution in [0.15, 0.2) is 36.0 Å². The van der Waals surface area contributed by atoms with Gasteiger partial charge in [-0.05, 0) is 50.7 Å². The van der Waals surface area contributed by atoms with Gasteiger partial charge in [0.25, 0.3) is 0 Å². The Morgan fingerprint density at radius 1 is 1.26 bits per heavy atom. The first-order chi connectivity index (χ1) is 17.7. The van der Waals surface area contributed by atoms with Crippen molar-refractivity contribution in [1.82, 2.24) is 0 Å². The minimum absolute atomic E-state index is 0.0131. The van der Waals surface area contributed by atoms with E-state index in [-0.39, 0.29) is 42.4 Å². The molecule has 8 heteroatoms. The Morgan fingerprint density at radius 3 is 2.58 bits per heavy atom. The highest BCUT2D eigenvalue weighted by Crippen LogP contribution is 2.37. The van der Waals surface area contributed by atoms with E-state index in [1.807, 2.05) is 46.8 Å². The van der Waals surface area contributed by atoms with Gasteiger partial charge in [-0.25, -0.2) is 0 Å². The summed E-state index contributed by atoms with van der Waals surface area (Å²) in [5.41, 5.74) is -0.342. The molecule has 216 valence electrons. The van der Waals surface area contributed by atoms with Crippen molar-refractivity contribution in [1.29, 1.82) is 0 Å². The van der Waals surface area contributed by atoms with Crippen molar-refractivity contribution in [2.24, 2.45) is 17.8 Å². The fraction of sp³-hybridized carbons (Fsp3) is 0.733. The second-order valence-electron chi connectivity index (χ2n) is 11.4. The molecule has 2 rings (SSSR count). The number of cyclic esters (lactones) is 1. The summed E-state index contributed by atoms with van der Waals surface area (Å²) in [5.74, 6) is -1.08. The number of ether oxygens (including phenoxy) is 3. The molecule has 0 amide bonds. The van der Waals surface area contributed by atoms with Crippen molar-refractivity contribution in [3.8, 4) is 0 Å². The third kappa shape index (κ3) is 10.3. The van der Waals surface area contributed by atoms with E-state index < -0.39 is 36.0 Å². The Kier molecular flexibility index (Phi) is 12.2. The predicted octanol–water partition coefficient (Wildman–Crippen LogP) is 4.02. The molecule has 8 nitrogen and oxygen atoms in total. The summed E-state index contributed by atoms with van der Waals surface area (Å²) in [6.07, 6.45) is 8.48. The van der Waals surface area contributed by atoms with Crippen LogP contribution < -0.4 is 0 Å². The second kappa shape index (κ2) is 14.4. The fourth-order valence-corrected chi connectivity index (χ4v) is 4.99. The smallest absolute Gasteiger partial charge is 0.309 e. The van der Waals surface area contributed by atoms with E-state index in [1.54, 1.807) is 25.2 Å². The number of rotatable bonds is 9. The quantitative estimate of drug-likeness (QED) is 0.175. The zero-order valence-electron chi connectivity index (χ0n) is 24.0. The summed E-state index contributed by atoms with van der Waals surface area (Å²) in [7, 11) is 0. The van der Waals surface area contributed by atoms with Crippen molar-refractivity contribution in [3.63, 3.8) is 0 Å². The SMILES string of the molecule is CC[C@H](O)[C@@H](C)[C@H]1O[C@@H]1C[C@@](C)(O)/C=C/C=C(\C)C1OC(=O)C[C@H](O)CC[C@H](C)C(OC(C)=O)C=C[C@@H]1C. The Bertz CT molecular complexity index is 875. The Morgan fingerprint density at radius 2 is 1.95 bits per heavy atom. The van der Waals surface area contributed by atoms with Crippen molar-refractivity contribution >= 4 is 11.9 Å². The van der Waals surface area contributed by atoms with Crippen LogP contribution in [0.4, 0.5) is 0 Å². The van der Waals surface area contributed by atoms with Crippen molar-refractivity contribution in [2.75, 3.05) is 0 Å². The molecule has 0 radical (unpaired) electrons. The molecular formula is C30H48O8. The first kappa shape index (κ1) is 32.2. The molecule has 1 fully saturated rings. The summed E-state index contributed by atoms with van der Waals surface area (Å²) >= 11 is 0. The van der Waals surface area contributed by atoms with Gasteiger partial charge in [-0.1, -0.05) is 52.0 Å². The highest BCUT2D eigenvalue weighted by atomic mass is 16.6. The number of esters is 2. The molecule has 2 aliphatic heterocycles. The Hall–Kier alpha value is -2.00. The topological polar surface area (TPSA) is 126 Å². The number of allylic oxidation sites excluding steroid dienone is 2. The lowest BCUT2D eigenvalue weighted by Gasteiger charge is -2.27. The molecule has 0 spiro atoms. The standard InChI is InChI=1S/C30H48O8/c1-8-24(33)21(5)29-26(37-29)17-30(7,35)15-9-10-19(3)28-20(4)12-14-25(36-22(6)31)18(2)11-13-23(32)16-27(34)38-28/h9-10,12,14-15,18,20-21,23-26,28-29,32-33,35H,8,11,13,16-17H2,1-7H3/b14-12?,15-9+,19-10+/t18-,20-,21+,23+,24-,25?,26+,28?,29+,30-/m0/s1. The van der Waals surface area contributed by atoms with E-state index >= 15 is 0 Å². The van der Waals surface area contributed by atoms with Crippen LogP contribution in [0, 0.1) is 17.8 Å². The van der Waals surface area contributed by atoms with Crippen LogP contribution in [-0.4, -0.2) is 69.5 Å². The number of aliphatic hydroxyl groups is 3. The van der Waals surface area contributed by atoms with E-state index in [1.165, 1.54) is 6.92 Å². The second-order valence-corrected chi connectivity index (χ2v) is 11.4. The normalized spacial score (nSPS) is 34.4. The maximum atomic E-state index is 12.6. The zero-order valence-corrected chi connectivity index (χ0v) is 24.0. The summed E-state index contributed by atoms with van der Waals surface area (Å²) in [6.45, 7) is 12.7. The van der Waals surface area contributed by atoms with Crippen LogP contribution in [0.2, 0.25) is 0 Å². The van der Waals surface area contributed by atoms with Gasteiger partial charge in [0.15, 0.2) is 0 Å². The van der Waals surface area contributed by atoms with Crippen LogP contribution in [-0.2, 0) is 23.8 Å². The van der Waals surface area contributed by atoms with Gasteiger partial charge in [-0.2, -0.15) is 0 Å². The largest absolute Gasteiger partial charge is 0.458 e. The monoisotopic (exact) mass is 536 g/mol. The molecule has 1 saturated heterocycles. The molecule has 0 aromatic heterocycles. The number of epoxide rings is 1. The van der Waals surface area contributed by atoms with E-state index in [0.717, 1.165) is 5.57 Å². The predicted molar refractivity (Wildman–Crippen MR) is 145 cm³/mol. The van der Waals surface area contributed by atoms with Crippen LogP contribution in [0.5, 0.6) is 0 Å². The first-order valence-corrected chi connectivity index (χ1v) is 13.9. The van der Waals surface area contributed by atoms with Gasteiger partial charge in [0.1, 0.15) is 12.2 Å². The average molecular weight is 537 g/mol. The molecule has 2 aliphatic rings. The molecular weight excluding hydrogens is 488 g/mol. The van der Waals surface area contributed by atoms with Gasteiger partial charge in [0.05, 0.1) is 36.4 Å². The highest BCUT2D eigenvalue weighted by Gasteiger charge is 2.47. The van der Waals surface area contributed by atoms with Crippen LogP contribution in [0.25, 0.3) is 0 Å². The Labute approximate surface area is 227 Å². The minimum Gasteiger partial charge on any atom is -0.458 e. The maximum absolute atomic E-state index is 12.6. The maximum Gasteiger partial charge on any atom is 0.309 e. The molecule has 2 heterocycles. The van der Waals surface area contributed by atoms with Gasteiger partial charge >= 0.3 is 11.9 Å². The fourth-order valence-electron chi connectivity index (χ4n) is 4.99. The minimum atomic E-state index is -1.11. The summed E-state index contributed by atoms with van der Waals surface area (Å²) < 4.78 is 17.0. The van der Waals surface area contributed by atoms with E-state index in [2.05, 4.69) is 0 Å². The third-order valence-corrected chi connectivity index (χ3v) is 7.60. The van der Waals surface area contributed by atoms with E-state index in [4.69, 9.17) is 14.2 Å². The number of carbonyl (C=O) groups excluding carboxylic acids is 2. The Balaban J connectivity index is 2.14. The van der Waals surface area contributed by atoms with Crippen LogP contribution in [0.3, 0.4) is 0 Å². The summed E-state index contributed by atoms with van der Waals surface area (Å²) in [4.78, 5) is 24.2. The molecule has 0 aliphatic carbocycles. The van der Waals surface area contributed by atoms with Gasteiger partial charge in [0.2, 0.25) is 0 Å². The van der Waals surface area contributed by atoms with Gasteiger partial charge in [0, 0.05) is 25.2 Å². The molecule has 38 heavy (non-hydrogen) atoms. The molecule has 0 saturated carbocycles. The molecule has 3 N–H and O–H groups in total. The van der Waals surface area contributed by atoms with Crippen LogP contribution in [0.1, 0.15) is 80.6 Å². The van der Waals surface area contributed by atoms with Crippen LogP contribution >= 0.6 is 0 Å². The highest BCUT2D eigenvalue weighted by molar-refractivity contribution is 5.70. The average Bonchev–Trinajstić information content (AvgIpc) is 3.59. The number of hydrogen-bond acceptors (Lipinski definition) is 8. The zero-order chi connectivity index (χ0) is 28.6. The van der Waals surface area contributed by atoms with Crippen molar-refractivity contribution < 1.29 is 39.1 Å². The number of aliphatic hydroxyl groups excluding tert-OH is 2. The van der Waals surface area contributed by atoms with Crippen molar-refractivity contribution in [2.45, 2.75) is 123 Å². The van der Waals surface area contributed by atoms with Gasteiger partial charge in [-0.15, -0.1) is 0 Å². The van der Waals surface area contributed by atoms with Gasteiger partial charge < -0.3 is 29.5 Å². The molecule has 10 atom stereocenters. The first-order valence-electron chi connectivity index (χ1n) is 13.9. The van der Waals surface area contributed by atoms with Gasteiger partial charge in [-0.3, -0.25) is 9.59 Å². The van der Waals surface area contributed by atoms with Crippen molar-refractivity contribution in [3.05, 3.63) is 36.0 Å². The molecule has 0 bridgehead atoms. The van der Waals surface area contributed by atoms with E-state index in [9.17, 15) is 24.9 Å². The lowest BCUT2D eigenvalue weighted by molar-refractivity contribution is -0.151. The lowest BCUT2D eigenvalue weighted by Crippen LogP contribution is -2.30. The molecule has 0 aromatic rings. The third-order valence-electron chi connectivity index (χ3n) is 7.60. The van der Waals surface area contributed by atoms with E-state index in [0.29, 0.717) is 25.7 Å². The number of carbonyl (C=O) groups is 2. The molecule has 2 unspecified atom stereocenters. The summed E-state index contributed by atoms with van der Waals surface area (Å²) in [5, 5.41) is 31.3.